The maximum absolute atomic E-state index is 9.15. The van der Waals surface area contributed by atoms with Crippen LogP contribution in [0.1, 0.15) is 30.5 Å². The normalized spacial score (nSPS) is 8.88. The lowest BCUT2D eigenvalue weighted by molar-refractivity contribution is 0.864. The molecule has 0 spiro atoms. The molecule has 17 heavy (non-hydrogen) atoms. The maximum Gasteiger partial charge on any atom is 0.103 e. The van der Waals surface area contributed by atoms with E-state index in [4.69, 9.17) is 15.8 Å². The molecule has 0 saturated heterocycles. The van der Waals surface area contributed by atoms with E-state index in [1.807, 2.05) is 37.0 Å². The molecule has 0 unspecified atom stereocenters. The van der Waals surface area contributed by atoms with Gasteiger partial charge in [-0.25, -0.2) is 0 Å². The van der Waals surface area contributed by atoms with Crippen molar-refractivity contribution in [1.29, 1.82) is 15.8 Å². The van der Waals surface area contributed by atoms with E-state index in [0.29, 0.717) is 5.69 Å². The van der Waals surface area contributed by atoms with Gasteiger partial charge in [-0.15, -0.1) is 0 Å². The predicted octanol–water partition coefficient (Wildman–Crippen LogP) is 2.15. The fraction of sp³-hybridized carbons (Fsp3) is 0.308. The van der Waals surface area contributed by atoms with E-state index < -0.39 is 0 Å². The zero-order chi connectivity index (χ0) is 12.8. The Morgan fingerprint density at radius 2 is 1.53 bits per heavy atom. The van der Waals surface area contributed by atoms with Crippen LogP contribution >= 0.6 is 0 Å². The van der Waals surface area contributed by atoms with E-state index in [2.05, 4.69) is 0 Å². The van der Waals surface area contributed by atoms with Crippen LogP contribution in [0.25, 0.3) is 0 Å². The van der Waals surface area contributed by atoms with Gasteiger partial charge in [0.25, 0.3) is 0 Å². The number of nitriles is 3. The van der Waals surface area contributed by atoms with Crippen LogP contribution in [-0.2, 0) is 0 Å². The molecule has 0 fully saturated rings. The second-order valence-corrected chi connectivity index (χ2v) is 3.39. The predicted molar refractivity (Wildman–Crippen MR) is 64.1 cm³/mol. The van der Waals surface area contributed by atoms with E-state index >= 15 is 0 Å². The first-order valence-corrected chi connectivity index (χ1v) is 5.35. The van der Waals surface area contributed by atoms with Crippen LogP contribution in [0.4, 0.5) is 5.69 Å². The van der Waals surface area contributed by atoms with Gasteiger partial charge in [0.2, 0.25) is 0 Å². The molecule has 0 bridgehead atoms. The lowest BCUT2D eigenvalue weighted by Crippen LogP contribution is -2.23. The summed E-state index contributed by atoms with van der Waals surface area (Å²) in [4.78, 5) is 1.99. The first kappa shape index (κ1) is 12.6. The van der Waals surface area contributed by atoms with Gasteiger partial charge in [0.15, 0.2) is 0 Å². The second kappa shape index (κ2) is 5.54. The Hall–Kier alpha value is -2.51. The molecule has 0 aliphatic heterocycles. The lowest BCUT2D eigenvalue weighted by atomic mass is 10.0. The molecule has 0 heterocycles. The van der Waals surface area contributed by atoms with Crippen molar-refractivity contribution in [3.8, 4) is 18.2 Å². The van der Waals surface area contributed by atoms with Crippen molar-refractivity contribution >= 4 is 5.69 Å². The SMILES string of the molecule is CCN(CC)c1ccc(C#N)c(C#N)c1C#N. The highest BCUT2D eigenvalue weighted by atomic mass is 15.1. The van der Waals surface area contributed by atoms with Crippen LogP contribution in [-0.4, -0.2) is 13.1 Å². The Labute approximate surface area is 101 Å². The van der Waals surface area contributed by atoms with Crippen molar-refractivity contribution in [3.05, 3.63) is 28.8 Å². The second-order valence-electron chi connectivity index (χ2n) is 3.39. The number of nitrogens with zero attached hydrogens (tertiary/aromatic N) is 4. The molecule has 0 aliphatic rings. The molecule has 0 N–H and O–H groups in total. The molecule has 0 aliphatic carbocycles. The fourth-order valence-electron chi connectivity index (χ4n) is 1.74. The molecule has 0 atom stereocenters. The molecule has 84 valence electrons. The van der Waals surface area contributed by atoms with Gasteiger partial charge in [0.05, 0.1) is 22.4 Å². The molecule has 1 rings (SSSR count). The van der Waals surface area contributed by atoms with Crippen molar-refractivity contribution in [2.24, 2.45) is 0 Å². The number of hydrogen-bond acceptors (Lipinski definition) is 4. The van der Waals surface area contributed by atoms with Crippen LogP contribution in [0.2, 0.25) is 0 Å². The smallest absolute Gasteiger partial charge is 0.103 e. The Balaban J connectivity index is 3.52. The van der Waals surface area contributed by atoms with Gasteiger partial charge in [0, 0.05) is 13.1 Å². The molecule has 1 aromatic carbocycles. The highest BCUT2D eigenvalue weighted by Crippen LogP contribution is 2.25. The van der Waals surface area contributed by atoms with Crippen molar-refractivity contribution < 1.29 is 0 Å². The summed E-state index contributed by atoms with van der Waals surface area (Å²) in [5.41, 5.74) is 1.42. The Kier molecular flexibility index (Phi) is 4.09. The van der Waals surface area contributed by atoms with E-state index in [9.17, 15) is 0 Å². The third-order valence-electron chi connectivity index (χ3n) is 2.63. The van der Waals surface area contributed by atoms with E-state index in [1.54, 1.807) is 12.1 Å². The van der Waals surface area contributed by atoms with Gasteiger partial charge in [-0.3, -0.25) is 0 Å². The molecule has 0 aromatic heterocycles. The van der Waals surface area contributed by atoms with Crippen LogP contribution in [0.3, 0.4) is 0 Å². The summed E-state index contributed by atoms with van der Waals surface area (Å²) in [5, 5.41) is 27.1. The Bertz CT molecular complexity index is 536. The van der Waals surface area contributed by atoms with Gasteiger partial charge in [-0.2, -0.15) is 15.8 Å². The van der Waals surface area contributed by atoms with Gasteiger partial charge in [0.1, 0.15) is 18.2 Å². The molecule has 4 heteroatoms. The highest BCUT2D eigenvalue weighted by Gasteiger charge is 2.15. The topological polar surface area (TPSA) is 74.6 Å². The van der Waals surface area contributed by atoms with Gasteiger partial charge in [-0.05, 0) is 26.0 Å². The van der Waals surface area contributed by atoms with Crippen LogP contribution in [0.5, 0.6) is 0 Å². The molecule has 1 aromatic rings. The monoisotopic (exact) mass is 224 g/mol. The number of benzene rings is 1. The van der Waals surface area contributed by atoms with Crippen molar-refractivity contribution in [3.63, 3.8) is 0 Å². The average molecular weight is 224 g/mol. The minimum Gasteiger partial charge on any atom is -0.371 e. The molecule has 0 amide bonds. The zero-order valence-corrected chi connectivity index (χ0v) is 9.86. The maximum atomic E-state index is 9.15. The van der Waals surface area contributed by atoms with Crippen LogP contribution < -0.4 is 4.90 Å². The van der Waals surface area contributed by atoms with Crippen molar-refractivity contribution in [1.82, 2.24) is 0 Å². The zero-order valence-electron chi connectivity index (χ0n) is 9.86. The van der Waals surface area contributed by atoms with Crippen LogP contribution in [0.15, 0.2) is 12.1 Å². The summed E-state index contributed by atoms with van der Waals surface area (Å²) >= 11 is 0. The summed E-state index contributed by atoms with van der Waals surface area (Å²) in [7, 11) is 0. The number of rotatable bonds is 3. The van der Waals surface area contributed by atoms with Gasteiger partial charge >= 0.3 is 0 Å². The number of hydrogen-bond donors (Lipinski definition) is 0. The quantitative estimate of drug-likeness (QED) is 0.788. The molecule has 4 nitrogen and oxygen atoms in total. The molecule has 0 saturated carbocycles. The summed E-state index contributed by atoms with van der Waals surface area (Å²) in [6.07, 6.45) is 0. The highest BCUT2D eigenvalue weighted by molar-refractivity contribution is 5.69. The van der Waals surface area contributed by atoms with E-state index in [-0.39, 0.29) is 16.7 Å². The average Bonchev–Trinajstić information content (AvgIpc) is 2.39. The van der Waals surface area contributed by atoms with Crippen molar-refractivity contribution in [2.45, 2.75) is 13.8 Å². The van der Waals surface area contributed by atoms with E-state index in [0.717, 1.165) is 13.1 Å². The third-order valence-corrected chi connectivity index (χ3v) is 2.63. The summed E-state index contributed by atoms with van der Waals surface area (Å²) in [6, 6.07) is 9.21. The Morgan fingerprint density at radius 1 is 0.941 bits per heavy atom. The first-order valence-electron chi connectivity index (χ1n) is 5.35. The minimum absolute atomic E-state index is 0.166. The molecule has 0 radical (unpaired) electrons. The largest absolute Gasteiger partial charge is 0.371 e. The summed E-state index contributed by atoms with van der Waals surface area (Å²) in [6.45, 7) is 5.47. The van der Waals surface area contributed by atoms with Gasteiger partial charge < -0.3 is 4.90 Å². The molecular formula is C13H12N4. The third kappa shape index (κ3) is 2.19. The summed E-state index contributed by atoms with van der Waals surface area (Å²) < 4.78 is 0. The lowest BCUT2D eigenvalue weighted by Gasteiger charge is -2.22. The fourth-order valence-corrected chi connectivity index (χ4v) is 1.74. The van der Waals surface area contributed by atoms with Crippen molar-refractivity contribution in [2.75, 3.05) is 18.0 Å². The van der Waals surface area contributed by atoms with E-state index in [1.165, 1.54) is 0 Å². The Morgan fingerprint density at radius 3 is 1.94 bits per heavy atom. The van der Waals surface area contributed by atoms with Gasteiger partial charge in [-0.1, -0.05) is 0 Å². The first-order chi connectivity index (χ1) is 8.23. The standard InChI is InChI=1S/C13H12N4/c1-3-17(4-2)13-6-5-10(7-14)11(8-15)12(13)9-16/h5-6H,3-4H2,1-2H3. The number of anilines is 1. The summed E-state index contributed by atoms with van der Waals surface area (Å²) in [5.74, 6) is 0. The molecular weight excluding hydrogens is 212 g/mol. The minimum atomic E-state index is 0.166. The van der Waals surface area contributed by atoms with Crippen LogP contribution in [0, 0.1) is 34.0 Å².